The maximum Gasteiger partial charge on any atom is 0.294 e. The highest BCUT2D eigenvalue weighted by molar-refractivity contribution is 6.34. The van der Waals surface area contributed by atoms with Crippen LogP contribution in [0.2, 0.25) is 5.02 Å². The van der Waals surface area contributed by atoms with Crippen LogP contribution in [0.5, 0.6) is 0 Å². The third-order valence-corrected chi connectivity index (χ3v) is 5.69. The minimum atomic E-state index is -3.92. The number of hydrogen-bond donors (Lipinski definition) is 3. The van der Waals surface area contributed by atoms with Crippen LogP contribution in [-0.2, 0) is 0 Å². The summed E-state index contributed by atoms with van der Waals surface area (Å²) < 4.78 is 71.1. The van der Waals surface area contributed by atoms with Crippen molar-refractivity contribution in [3.8, 4) is 11.1 Å². The first-order valence-electron chi connectivity index (χ1n) is 10.3. The maximum atomic E-state index is 15.3. The number of nitrogens with one attached hydrogen (secondary N) is 1. The fourth-order valence-electron chi connectivity index (χ4n) is 3.50. The van der Waals surface area contributed by atoms with E-state index in [1.807, 2.05) is 5.32 Å². The Hall–Kier alpha value is -3.77. The SMILES string of the molecule is Nc1nc2cc(-c3ccc(Cl)c(C(=O)NCC(F)(F)[C@@H](O)c4ccc(C(F)F)cc4)c3F)ccn2n1. The van der Waals surface area contributed by atoms with Gasteiger partial charge in [-0.05, 0) is 35.4 Å². The second-order valence-corrected chi connectivity index (χ2v) is 8.19. The first kappa shape index (κ1) is 25.3. The second-order valence-electron chi connectivity index (χ2n) is 7.79. The smallest absolute Gasteiger partial charge is 0.294 e. The molecule has 0 unspecified atom stereocenters. The van der Waals surface area contributed by atoms with E-state index >= 15 is 4.39 Å². The van der Waals surface area contributed by atoms with Gasteiger partial charge in [0.1, 0.15) is 11.9 Å². The number of aliphatic hydroxyl groups excluding tert-OH is 1. The number of aromatic nitrogens is 3. The van der Waals surface area contributed by atoms with Crippen molar-refractivity contribution in [2.24, 2.45) is 0 Å². The number of benzene rings is 2. The molecule has 0 bridgehead atoms. The van der Waals surface area contributed by atoms with Crippen LogP contribution in [0.4, 0.5) is 27.9 Å². The number of aliphatic hydroxyl groups is 1. The molecule has 7 nitrogen and oxygen atoms in total. The molecule has 2 aromatic heterocycles. The van der Waals surface area contributed by atoms with Gasteiger partial charge >= 0.3 is 0 Å². The number of alkyl halides is 4. The van der Waals surface area contributed by atoms with Crippen molar-refractivity contribution in [3.05, 3.63) is 82.3 Å². The average molecular weight is 526 g/mol. The summed E-state index contributed by atoms with van der Waals surface area (Å²) in [6.07, 6.45) is -3.75. The second kappa shape index (κ2) is 9.70. The summed E-state index contributed by atoms with van der Waals surface area (Å²) in [7, 11) is 0. The van der Waals surface area contributed by atoms with Gasteiger partial charge in [0.05, 0.1) is 17.1 Å². The summed E-state index contributed by atoms with van der Waals surface area (Å²) in [5, 5.41) is 15.5. The molecule has 36 heavy (non-hydrogen) atoms. The van der Waals surface area contributed by atoms with Gasteiger partial charge in [-0.3, -0.25) is 4.79 Å². The molecule has 1 atom stereocenters. The predicted octanol–water partition coefficient (Wildman–Crippen LogP) is 4.81. The summed E-state index contributed by atoms with van der Waals surface area (Å²) in [4.78, 5) is 16.6. The van der Waals surface area contributed by atoms with Crippen LogP contribution in [0, 0.1) is 5.82 Å². The first-order chi connectivity index (χ1) is 17.0. The van der Waals surface area contributed by atoms with E-state index in [4.69, 9.17) is 17.3 Å². The van der Waals surface area contributed by atoms with E-state index in [0.717, 1.165) is 24.3 Å². The summed E-state index contributed by atoms with van der Waals surface area (Å²) in [5.41, 5.74) is 4.67. The third kappa shape index (κ3) is 4.95. The molecule has 13 heteroatoms. The molecular formula is C23H17ClF5N5O2. The Morgan fingerprint density at radius 1 is 1.14 bits per heavy atom. The minimum absolute atomic E-state index is 0.00289. The Morgan fingerprint density at radius 2 is 1.81 bits per heavy atom. The highest BCUT2D eigenvalue weighted by Gasteiger charge is 2.40. The molecule has 0 aliphatic heterocycles. The number of carbonyl (C=O) groups excluding carboxylic acids is 1. The minimum Gasteiger partial charge on any atom is -0.382 e. The van der Waals surface area contributed by atoms with Gasteiger partial charge < -0.3 is 16.2 Å². The molecule has 4 N–H and O–H groups in total. The molecule has 0 radical (unpaired) electrons. The van der Waals surface area contributed by atoms with Crippen molar-refractivity contribution in [2.75, 3.05) is 12.3 Å². The van der Waals surface area contributed by atoms with Gasteiger partial charge in [0, 0.05) is 17.3 Å². The summed E-state index contributed by atoms with van der Waals surface area (Å²) in [6, 6.07) is 9.16. The lowest BCUT2D eigenvalue weighted by atomic mass is 10.0. The number of anilines is 1. The van der Waals surface area contributed by atoms with Crippen LogP contribution in [0.3, 0.4) is 0 Å². The molecule has 188 valence electrons. The maximum absolute atomic E-state index is 15.3. The van der Waals surface area contributed by atoms with Crippen molar-refractivity contribution >= 4 is 29.1 Å². The normalized spacial score (nSPS) is 12.8. The Bertz CT molecular complexity index is 1430. The van der Waals surface area contributed by atoms with Gasteiger partial charge in [-0.1, -0.05) is 35.9 Å². The van der Waals surface area contributed by atoms with Crippen molar-refractivity contribution in [2.45, 2.75) is 18.5 Å². The molecule has 1 amide bonds. The van der Waals surface area contributed by atoms with Crippen LogP contribution >= 0.6 is 11.6 Å². The third-order valence-electron chi connectivity index (χ3n) is 5.37. The zero-order valence-electron chi connectivity index (χ0n) is 18.1. The highest BCUT2D eigenvalue weighted by atomic mass is 35.5. The lowest BCUT2D eigenvalue weighted by Gasteiger charge is -2.23. The lowest BCUT2D eigenvalue weighted by molar-refractivity contribution is -0.106. The fraction of sp³-hybridized carbons (Fsp3) is 0.174. The molecule has 0 aliphatic carbocycles. The van der Waals surface area contributed by atoms with E-state index in [9.17, 15) is 27.5 Å². The van der Waals surface area contributed by atoms with Crippen LogP contribution in [0.15, 0.2) is 54.7 Å². The molecule has 0 spiro atoms. The number of amides is 1. The van der Waals surface area contributed by atoms with E-state index < -0.39 is 47.8 Å². The Labute approximate surface area is 205 Å². The molecular weight excluding hydrogens is 509 g/mol. The van der Waals surface area contributed by atoms with Crippen molar-refractivity contribution in [1.82, 2.24) is 19.9 Å². The van der Waals surface area contributed by atoms with Crippen LogP contribution < -0.4 is 11.1 Å². The van der Waals surface area contributed by atoms with E-state index in [-0.39, 0.29) is 22.1 Å². The zero-order valence-corrected chi connectivity index (χ0v) is 18.9. The van der Waals surface area contributed by atoms with E-state index in [1.54, 1.807) is 0 Å². The molecule has 0 saturated heterocycles. The topological polar surface area (TPSA) is 106 Å². The standard InChI is InChI=1S/C23H17ClF5N5O2/c24-15-6-5-14(13-7-8-34-16(9-13)32-22(30)33-34)18(25)17(15)21(36)31-10-23(28,29)19(35)11-1-3-12(4-2-11)20(26)27/h1-9,19-20,35H,10H2,(H2,30,33)(H,31,36)/t19-/m0/s1. The van der Waals surface area contributed by atoms with E-state index in [2.05, 4.69) is 10.1 Å². The largest absolute Gasteiger partial charge is 0.382 e. The molecule has 2 aromatic carbocycles. The monoisotopic (exact) mass is 525 g/mol. The zero-order chi connectivity index (χ0) is 26.2. The number of hydrogen-bond acceptors (Lipinski definition) is 5. The highest BCUT2D eigenvalue weighted by Crippen LogP contribution is 2.33. The Kier molecular flexibility index (Phi) is 6.83. The molecule has 0 saturated carbocycles. The van der Waals surface area contributed by atoms with Crippen molar-refractivity contribution in [3.63, 3.8) is 0 Å². The number of pyridine rings is 1. The number of halogens is 6. The molecule has 2 heterocycles. The van der Waals surface area contributed by atoms with Crippen LogP contribution in [0.1, 0.15) is 34.0 Å². The first-order valence-corrected chi connectivity index (χ1v) is 10.7. The number of fused-ring (bicyclic) bond motifs is 1. The Balaban J connectivity index is 1.54. The van der Waals surface area contributed by atoms with Gasteiger partial charge in [0.15, 0.2) is 5.65 Å². The molecule has 4 aromatic rings. The number of nitrogen functional groups attached to an aromatic ring is 1. The fourth-order valence-corrected chi connectivity index (χ4v) is 3.73. The van der Waals surface area contributed by atoms with Gasteiger partial charge in [-0.2, -0.15) is 4.98 Å². The Morgan fingerprint density at radius 3 is 2.47 bits per heavy atom. The summed E-state index contributed by atoms with van der Waals surface area (Å²) in [6.45, 7) is -1.38. The van der Waals surface area contributed by atoms with Crippen molar-refractivity contribution < 1.29 is 31.9 Å². The quantitative estimate of drug-likeness (QED) is 0.300. The van der Waals surface area contributed by atoms with Gasteiger partial charge in [0.2, 0.25) is 5.95 Å². The van der Waals surface area contributed by atoms with E-state index in [0.29, 0.717) is 11.2 Å². The predicted molar refractivity (Wildman–Crippen MR) is 121 cm³/mol. The average Bonchev–Trinajstić information content (AvgIpc) is 3.21. The van der Waals surface area contributed by atoms with Gasteiger partial charge in [-0.15, -0.1) is 5.10 Å². The molecule has 4 rings (SSSR count). The van der Waals surface area contributed by atoms with Gasteiger partial charge in [-0.25, -0.2) is 26.5 Å². The lowest BCUT2D eigenvalue weighted by Crippen LogP contribution is -2.41. The summed E-state index contributed by atoms with van der Waals surface area (Å²) in [5.74, 6) is -6.23. The number of carbonyl (C=O) groups is 1. The molecule has 0 aliphatic rings. The van der Waals surface area contributed by atoms with Crippen molar-refractivity contribution in [1.29, 1.82) is 0 Å². The van der Waals surface area contributed by atoms with Crippen LogP contribution in [0.25, 0.3) is 16.8 Å². The van der Waals surface area contributed by atoms with Gasteiger partial charge in [0.25, 0.3) is 18.3 Å². The number of nitrogens with two attached hydrogens (primary N) is 1. The van der Waals surface area contributed by atoms with E-state index in [1.165, 1.54) is 35.0 Å². The number of nitrogens with zero attached hydrogens (tertiary/aromatic N) is 3. The summed E-state index contributed by atoms with van der Waals surface area (Å²) >= 11 is 5.99. The molecule has 0 fully saturated rings. The van der Waals surface area contributed by atoms with Crippen LogP contribution in [-0.4, -0.2) is 38.1 Å². The number of rotatable bonds is 7.